The van der Waals surface area contributed by atoms with Gasteiger partial charge in [0.05, 0.1) is 4.90 Å². The molecule has 1 unspecified atom stereocenters. The lowest BCUT2D eigenvalue weighted by Crippen LogP contribution is -2.32. The van der Waals surface area contributed by atoms with Crippen LogP contribution in [0.3, 0.4) is 0 Å². The second kappa shape index (κ2) is 8.88. The first-order chi connectivity index (χ1) is 9.90. The van der Waals surface area contributed by atoms with E-state index in [1.54, 1.807) is 6.07 Å². The van der Waals surface area contributed by atoms with E-state index in [0.717, 1.165) is 37.9 Å². The predicted molar refractivity (Wildman–Crippen MR) is 90.8 cm³/mol. The largest absolute Gasteiger partial charge is 0.313 e. The van der Waals surface area contributed by atoms with E-state index in [2.05, 4.69) is 32.9 Å². The van der Waals surface area contributed by atoms with Crippen molar-refractivity contribution in [1.82, 2.24) is 10.0 Å². The molecule has 0 saturated carbocycles. The summed E-state index contributed by atoms with van der Waals surface area (Å²) in [4.78, 5) is 0.296. The highest BCUT2D eigenvalue weighted by Gasteiger charge is 2.19. The molecule has 0 amide bonds. The highest BCUT2D eigenvalue weighted by atomic mass is 79.9. The average Bonchev–Trinajstić information content (AvgIpc) is 2.38. The van der Waals surface area contributed by atoms with Gasteiger partial charge in [-0.05, 0) is 59.9 Å². The summed E-state index contributed by atoms with van der Waals surface area (Å²) in [5.41, 5.74) is 1.07. The van der Waals surface area contributed by atoms with Crippen molar-refractivity contribution in [2.24, 2.45) is 0 Å². The molecule has 21 heavy (non-hydrogen) atoms. The maximum atomic E-state index is 12.4. The van der Waals surface area contributed by atoms with E-state index in [1.807, 2.05) is 26.0 Å². The van der Waals surface area contributed by atoms with Gasteiger partial charge in [0.15, 0.2) is 0 Å². The molecule has 1 rings (SSSR count). The lowest BCUT2D eigenvalue weighted by Gasteiger charge is -2.15. The van der Waals surface area contributed by atoms with Gasteiger partial charge in [-0.25, -0.2) is 13.1 Å². The Morgan fingerprint density at radius 2 is 1.95 bits per heavy atom. The fourth-order valence-electron chi connectivity index (χ4n) is 2.10. The van der Waals surface area contributed by atoms with Crippen LogP contribution in [0, 0.1) is 0 Å². The highest BCUT2D eigenvalue weighted by molar-refractivity contribution is 9.10. The predicted octanol–water partition coefficient (Wildman–Crippen LogP) is 3.42. The van der Waals surface area contributed by atoms with Crippen LogP contribution in [0.15, 0.2) is 27.6 Å². The number of benzene rings is 1. The van der Waals surface area contributed by atoms with Gasteiger partial charge in [0, 0.05) is 17.1 Å². The SMILES string of the molecule is CCCNCc1ccc(S(=O)(=O)NC(C)CCC)c(Br)c1. The van der Waals surface area contributed by atoms with E-state index in [1.165, 1.54) is 0 Å². The molecule has 0 aliphatic heterocycles. The first-order valence-electron chi connectivity index (χ1n) is 7.42. The molecule has 0 spiro atoms. The van der Waals surface area contributed by atoms with Crippen LogP contribution in [0.1, 0.15) is 45.6 Å². The lowest BCUT2D eigenvalue weighted by molar-refractivity contribution is 0.543. The van der Waals surface area contributed by atoms with Crippen LogP contribution in [-0.2, 0) is 16.6 Å². The molecule has 0 radical (unpaired) electrons. The molecule has 1 atom stereocenters. The summed E-state index contributed by atoms with van der Waals surface area (Å²) in [6, 6.07) is 5.32. The molecule has 0 aliphatic carbocycles. The van der Waals surface area contributed by atoms with Crippen LogP contribution in [0.5, 0.6) is 0 Å². The molecule has 0 bridgehead atoms. The van der Waals surface area contributed by atoms with Crippen molar-refractivity contribution in [3.63, 3.8) is 0 Å². The van der Waals surface area contributed by atoms with Crippen LogP contribution >= 0.6 is 15.9 Å². The number of hydrogen-bond donors (Lipinski definition) is 2. The molecule has 0 fully saturated rings. The summed E-state index contributed by atoms with van der Waals surface area (Å²) in [7, 11) is -3.47. The van der Waals surface area contributed by atoms with E-state index in [9.17, 15) is 8.42 Å². The molecule has 0 aromatic heterocycles. The smallest absolute Gasteiger partial charge is 0.241 e. The fourth-order valence-corrected chi connectivity index (χ4v) is 4.50. The molecule has 1 aromatic carbocycles. The van der Waals surface area contributed by atoms with Gasteiger partial charge in [-0.2, -0.15) is 0 Å². The van der Waals surface area contributed by atoms with Crippen molar-refractivity contribution >= 4 is 26.0 Å². The molecule has 120 valence electrons. The summed E-state index contributed by atoms with van der Waals surface area (Å²) in [5.74, 6) is 0. The van der Waals surface area contributed by atoms with E-state index in [0.29, 0.717) is 9.37 Å². The van der Waals surface area contributed by atoms with Crippen molar-refractivity contribution < 1.29 is 8.42 Å². The van der Waals surface area contributed by atoms with Crippen LogP contribution < -0.4 is 10.0 Å². The number of hydrogen-bond acceptors (Lipinski definition) is 3. The topological polar surface area (TPSA) is 58.2 Å². The van der Waals surface area contributed by atoms with Gasteiger partial charge < -0.3 is 5.32 Å². The van der Waals surface area contributed by atoms with Gasteiger partial charge in [-0.15, -0.1) is 0 Å². The Labute approximate surface area is 136 Å². The monoisotopic (exact) mass is 376 g/mol. The van der Waals surface area contributed by atoms with Gasteiger partial charge in [0.25, 0.3) is 0 Å². The van der Waals surface area contributed by atoms with Gasteiger partial charge in [0.2, 0.25) is 10.0 Å². The minimum atomic E-state index is -3.47. The molecular formula is C15H25BrN2O2S. The van der Waals surface area contributed by atoms with Crippen LogP contribution in [-0.4, -0.2) is 21.0 Å². The summed E-state index contributed by atoms with van der Waals surface area (Å²) < 4.78 is 28.0. The Morgan fingerprint density at radius 3 is 2.52 bits per heavy atom. The third-order valence-electron chi connectivity index (χ3n) is 3.12. The Bertz CT molecular complexity index is 547. The Kier molecular flexibility index (Phi) is 7.87. The first kappa shape index (κ1) is 18.6. The quantitative estimate of drug-likeness (QED) is 0.649. The molecule has 1 aromatic rings. The molecule has 0 aliphatic rings. The zero-order valence-corrected chi connectivity index (χ0v) is 15.4. The molecule has 2 N–H and O–H groups in total. The van der Waals surface area contributed by atoms with Gasteiger partial charge in [0.1, 0.15) is 0 Å². The van der Waals surface area contributed by atoms with E-state index in [-0.39, 0.29) is 6.04 Å². The molecule has 0 saturated heterocycles. The summed E-state index contributed by atoms with van der Waals surface area (Å²) in [6.07, 6.45) is 2.86. The number of sulfonamides is 1. The maximum Gasteiger partial charge on any atom is 0.241 e. The first-order valence-corrected chi connectivity index (χ1v) is 9.69. The van der Waals surface area contributed by atoms with Crippen LogP contribution in [0.25, 0.3) is 0 Å². The van der Waals surface area contributed by atoms with Crippen molar-refractivity contribution in [2.75, 3.05) is 6.54 Å². The van der Waals surface area contributed by atoms with E-state index >= 15 is 0 Å². The van der Waals surface area contributed by atoms with Crippen molar-refractivity contribution in [2.45, 2.75) is 57.5 Å². The molecule has 0 heterocycles. The summed E-state index contributed by atoms with van der Waals surface area (Å²) >= 11 is 3.37. The lowest BCUT2D eigenvalue weighted by atomic mass is 10.2. The number of rotatable bonds is 9. The number of nitrogens with one attached hydrogen (secondary N) is 2. The molecular weight excluding hydrogens is 352 g/mol. The average molecular weight is 377 g/mol. The Morgan fingerprint density at radius 1 is 1.24 bits per heavy atom. The van der Waals surface area contributed by atoms with Gasteiger partial charge >= 0.3 is 0 Å². The van der Waals surface area contributed by atoms with E-state index in [4.69, 9.17) is 0 Å². The second-order valence-corrected chi connectivity index (χ2v) is 7.79. The van der Waals surface area contributed by atoms with Gasteiger partial charge in [-0.3, -0.25) is 0 Å². The van der Waals surface area contributed by atoms with Crippen molar-refractivity contribution in [1.29, 1.82) is 0 Å². The van der Waals surface area contributed by atoms with Crippen molar-refractivity contribution in [3.05, 3.63) is 28.2 Å². The standard InChI is InChI=1S/C15H25BrN2O2S/c1-4-6-12(3)18-21(19,20)15-8-7-13(10-14(15)16)11-17-9-5-2/h7-8,10,12,17-18H,4-6,9,11H2,1-3H3. The number of halogens is 1. The third kappa shape index (κ3) is 6.06. The normalized spacial score (nSPS) is 13.3. The maximum absolute atomic E-state index is 12.4. The zero-order chi connectivity index (χ0) is 15.9. The van der Waals surface area contributed by atoms with Crippen molar-refractivity contribution in [3.8, 4) is 0 Å². The third-order valence-corrected chi connectivity index (χ3v) is 5.69. The van der Waals surface area contributed by atoms with E-state index < -0.39 is 10.0 Å². The Balaban J connectivity index is 2.83. The minimum Gasteiger partial charge on any atom is -0.313 e. The van der Waals surface area contributed by atoms with Gasteiger partial charge in [-0.1, -0.05) is 26.3 Å². The van der Waals surface area contributed by atoms with Crippen LogP contribution in [0.2, 0.25) is 0 Å². The summed E-state index contributed by atoms with van der Waals surface area (Å²) in [5, 5.41) is 3.30. The Hall–Kier alpha value is -0.430. The molecule has 4 nitrogen and oxygen atoms in total. The minimum absolute atomic E-state index is 0.0576. The summed E-state index contributed by atoms with van der Waals surface area (Å²) in [6.45, 7) is 7.73. The van der Waals surface area contributed by atoms with Crippen LogP contribution in [0.4, 0.5) is 0 Å². The fraction of sp³-hybridized carbons (Fsp3) is 0.600. The molecule has 6 heteroatoms. The second-order valence-electron chi connectivity index (χ2n) is 5.25. The highest BCUT2D eigenvalue weighted by Crippen LogP contribution is 2.23. The zero-order valence-electron chi connectivity index (χ0n) is 12.9.